The summed E-state index contributed by atoms with van der Waals surface area (Å²) in [5, 5.41) is 3.79. The molecule has 3 aromatic rings. The summed E-state index contributed by atoms with van der Waals surface area (Å²) in [6.07, 6.45) is 6.96. The van der Waals surface area contributed by atoms with E-state index in [0.29, 0.717) is 29.5 Å². The zero-order valence-electron chi connectivity index (χ0n) is 26.2. The van der Waals surface area contributed by atoms with Gasteiger partial charge in [0.05, 0.1) is 18.6 Å². The molecule has 4 rings (SSSR count). The van der Waals surface area contributed by atoms with Gasteiger partial charge in [-0.3, -0.25) is 13.9 Å². The average molecular weight is 654 g/mol. The third-order valence-electron chi connectivity index (χ3n) is 8.05. The maximum absolute atomic E-state index is 14.1. The number of anilines is 1. The molecule has 2 amide bonds. The molecule has 3 aromatic carbocycles. The smallest absolute Gasteiger partial charge is 0.243 e. The highest BCUT2D eigenvalue weighted by molar-refractivity contribution is 7.92. The first-order chi connectivity index (χ1) is 21.7. The number of benzene rings is 3. The molecule has 10 heteroatoms. The van der Waals surface area contributed by atoms with E-state index in [2.05, 4.69) is 5.32 Å². The van der Waals surface area contributed by atoms with Crippen molar-refractivity contribution in [3.63, 3.8) is 0 Å². The number of halogens is 1. The Kier molecular flexibility index (Phi) is 12.7. The maximum Gasteiger partial charge on any atom is 0.243 e. The number of nitrogens with zero attached hydrogens (tertiary/aromatic N) is 2. The van der Waals surface area contributed by atoms with Crippen LogP contribution in [-0.4, -0.2) is 56.6 Å². The van der Waals surface area contributed by atoms with Crippen LogP contribution in [0.4, 0.5) is 5.69 Å². The summed E-state index contributed by atoms with van der Waals surface area (Å²) >= 11 is 6.31. The number of amides is 2. The Bertz CT molecular complexity index is 1510. The van der Waals surface area contributed by atoms with Gasteiger partial charge in [0.15, 0.2) is 0 Å². The Morgan fingerprint density at radius 1 is 0.956 bits per heavy atom. The number of ether oxygens (including phenoxy) is 1. The van der Waals surface area contributed by atoms with Gasteiger partial charge in [-0.05, 0) is 61.6 Å². The average Bonchev–Trinajstić information content (AvgIpc) is 3.02. The van der Waals surface area contributed by atoms with E-state index in [9.17, 15) is 18.0 Å². The molecule has 1 aliphatic carbocycles. The molecular formula is C35H44ClN3O5S. The third kappa shape index (κ3) is 10.2. The Hall–Kier alpha value is -3.56. The van der Waals surface area contributed by atoms with Gasteiger partial charge >= 0.3 is 0 Å². The minimum atomic E-state index is -3.67. The zero-order valence-corrected chi connectivity index (χ0v) is 27.7. The van der Waals surface area contributed by atoms with Crippen molar-refractivity contribution in [3.05, 3.63) is 95.0 Å². The van der Waals surface area contributed by atoms with Crippen LogP contribution in [0.15, 0.2) is 78.9 Å². The van der Waals surface area contributed by atoms with E-state index in [4.69, 9.17) is 16.3 Å². The van der Waals surface area contributed by atoms with Crippen molar-refractivity contribution in [1.82, 2.24) is 10.2 Å². The van der Waals surface area contributed by atoms with Gasteiger partial charge in [0.2, 0.25) is 21.8 Å². The van der Waals surface area contributed by atoms with Gasteiger partial charge in [0.1, 0.15) is 11.8 Å². The highest BCUT2D eigenvalue weighted by Crippen LogP contribution is 2.30. The molecule has 1 unspecified atom stereocenters. The minimum Gasteiger partial charge on any atom is -0.492 e. The molecule has 242 valence electrons. The fourth-order valence-electron chi connectivity index (χ4n) is 5.85. The first-order valence-electron chi connectivity index (χ1n) is 15.7. The fourth-order valence-corrected chi connectivity index (χ4v) is 7.04. The molecule has 0 spiro atoms. The van der Waals surface area contributed by atoms with Crippen molar-refractivity contribution in [2.45, 2.75) is 76.9 Å². The molecule has 0 aromatic heterocycles. The van der Waals surface area contributed by atoms with Crippen LogP contribution < -0.4 is 14.4 Å². The predicted octanol–water partition coefficient (Wildman–Crippen LogP) is 6.37. The van der Waals surface area contributed by atoms with Crippen LogP contribution in [0.5, 0.6) is 5.75 Å². The Balaban J connectivity index is 1.60. The molecule has 1 aliphatic rings. The van der Waals surface area contributed by atoms with Gasteiger partial charge in [-0.1, -0.05) is 85.5 Å². The SMILES string of the molecule is CCOc1ccccc1N(CCCC(=O)N(Cc1cccc(Cl)c1)C(Cc1ccccc1)C(=O)NC1CCCCC1)S(C)(=O)=O. The van der Waals surface area contributed by atoms with Gasteiger partial charge in [-0.2, -0.15) is 0 Å². The van der Waals surface area contributed by atoms with Crippen molar-refractivity contribution < 1.29 is 22.7 Å². The summed E-state index contributed by atoms with van der Waals surface area (Å²) in [7, 11) is -3.67. The molecule has 0 aliphatic heterocycles. The fraction of sp³-hybridized carbons (Fsp3) is 0.429. The summed E-state index contributed by atoms with van der Waals surface area (Å²) in [6, 6.07) is 23.3. The maximum atomic E-state index is 14.1. The van der Waals surface area contributed by atoms with Crippen LogP contribution in [0, 0.1) is 0 Å². The highest BCUT2D eigenvalue weighted by Gasteiger charge is 2.32. The first-order valence-corrected chi connectivity index (χ1v) is 18.0. The van der Waals surface area contributed by atoms with Crippen LogP contribution in [0.3, 0.4) is 0 Å². The lowest BCUT2D eigenvalue weighted by molar-refractivity contribution is -0.141. The summed E-state index contributed by atoms with van der Waals surface area (Å²) in [6.45, 7) is 2.50. The number of hydrogen-bond donors (Lipinski definition) is 1. The predicted molar refractivity (Wildman–Crippen MR) is 180 cm³/mol. The summed E-state index contributed by atoms with van der Waals surface area (Å²) in [5.41, 5.74) is 2.18. The third-order valence-corrected chi connectivity index (χ3v) is 9.47. The van der Waals surface area contributed by atoms with Crippen LogP contribution in [-0.2, 0) is 32.6 Å². The Labute approximate surface area is 272 Å². The van der Waals surface area contributed by atoms with E-state index in [1.54, 1.807) is 41.3 Å². The number of rotatable bonds is 15. The first kappa shape index (κ1) is 34.3. The van der Waals surface area contributed by atoms with Crippen LogP contribution in [0.2, 0.25) is 5.02 Å². The van der Waals surface area contributed by atoms with E-state index in [1.165, 1.54) is 10.7 Å². The van der Waals surface area contributed by atoms with Crippen molar-refractivity contribution in [3.8, 4) is 5.75 Å². The van der Waals surface area contributed by atoms with Gasteiger partial charge < -0.3 is 15.0 Å². The van der Waals surface area contributed by atoms with Crippen molar-refractivity contribution >= 4 is 39.1 Å². The van der Waals surface area contributed by atoms with Gasteiger partial charge in [0, 0.05) is 37.0 Å². The molecule has 1 atom stereocenters. The summed E-state index contributed by atoms with van der Waals surface area (Å²) in [4.78, 5) is 29.7. The Morgan fingerprint density at radius 2 is 1.64 bits per heavy atom. The standard InChI is InChI=1S/C35H44ClN3O5S/c1-3-44-33-21-11-10-20-31(33)39(45(2,42)43)23-13-22-34(40)38(26-28-16-12-17-29(36)24-28)32(25-27-14-6-4-7-15-27)35(41)37-30-18-8-5-9-19-30/h4,6-7,10-12,14-17,20-21,24,30,32H,3,5,8-9,13,18-19,22-23,25-26H2,1-2H3,(H,37,41). The number of sulfonamides is 1. The normalized spacial score (nSPS) is 14.4. The molecule has 0 saturated heterocycles. The number of hydrogen-bond acceptors (Lipinski definition) is 5. The van der Waals surface area contributed by atoms with Gasteiger partial charge in [-0.15, -0.1) is 0 Å². The van der Waals surface area contributed by atoms with Gasteiger partial charge in [-0.25, -0.2) is 8.42 Å². The number of para-hydroxylation sites is 2. The second-order valence-corrected chi connectivity index (χ2v) is 13.9. The monoisotopic (exact) mass is 653 g/mol. The van der Waals surface area contributed by atoms with E-state index >= 15 is 0 Å². The van der Waals surface area contributed by atoms with E-state index < -0.39 is 16.1 Å². The molecule has 1 saturated carbocycles. The molecule has 1 N–H and O–H groups in total. The number of carbonyl (C=O) groups excluding carboxylic acids is 2. The van der Waals surface area contributed by atoms with Crippen LogP contribution in [0.25, 0.3) is 0 Å². The molecule has 8 nitrogen and oxygen atoms in total. The lowest BCUT2D eigenvalue weighted by Crippen LogP contribution is -2.52. The highest BCUT2D eigenvalue weighted by atomic mass is 35.5. The number of carbonyl (C=O) groups is 2. The second-order valence-electron chi connectivity index (χ2n) is 11.5. The molecule has 1 fully saturated rings. The minimum absolute atomic E-state index is 0.0470. The van der Waals surface area contributed by atoms with Crippen LogP contribution >= 0.6 is 11.6 Å². The molecule has 0 heterocycles. The van der Waals surface area contributed by atoms with E-state index in [0.717, 1.165) is 43.1 Å². The molecule has 45 heavy (non-hydrogen) atoms. The lowest BCUT2D eigenvalue weighted by atomic mass is 9.94. The zero-order chi connectivity index (χ0) is 32.2. The van der Waals surface area contributed by atoms with E-state index in [-0.39, 0.29) is 43.8 Å². The van der Waals surface area contributed by atoms with Gasteiger partial charge in [0.25, 0.3) is 0 Å². The largest absolute Gasteiger partial charge is 0.492 e. The van der Waals surface area contributed by atoms with Crippen molar-refractivity contribution in [2.24, 2.45) is 0 Å². The second kappa shape index (κ2) is 16.7. The van der Waals surface area contributed by atoms with Crippen molar-refractivity contribution in [1.29, 1.82) is 0 Å². The van der Waals surface area contributed by atoms with Crippen LogP contribution in [0.1, 0.15) is 63.0 Å². The molecule has 0 bridgehead atoms. The molecule has 0 radical (unpaired) electrons. The quantitative estimate of drug-likeness (QED) is 0.206. The summed E-state index contributed by atoms with van der Waals surface area (Å²) < 4.78 is 32.7. The summed E-state index contributed by atoms with van der Waals surface area (Å²) in [5.74, 6) is 0.0485. The topological polar surface area (TPSA) is 96.0 Å². The number of nitrogens with one attached hydrogen (secondary N) is 1. The molecular weight excluding hydrogens is 610 g/mol. The van der Waals surface area contributed by atoms with E-state index in [1.807, 2.05) is 49.4 Å². The van der Waals surface area contributed by atoms with Crippen molar-refractivity contribution in [2.75, 3.05) is 23.7 Å². The lowest BCUT2D eigenvalue weighted by Gasteiger charge is -2.34. The Morgan fingerprint density at radius 3 is 2.33 bits per heavy atom.